The van der Waals surface area contributed by atoms with Crippen molar-refractivity contribution < 1.29 is 0 Å². The van der Waals surface area contributed by atoms with Crippen LogP contribution in [0.15, 0.2) is 29.6 Å². The van der Waals surface area contributed by atoms with E-state index in [9.17, 15) is 0 Å². The van der Waals surface area contributed by atoms with Crippen LogP contribution in [0, 0.1) is 5.92 Å². The number of benzene rings is 1. The lowest BCUT2D eigenvalue weighted by Crippen LogP contribution is -2.40. The number of thiophene rings is 1. The van der Waals surface area contributed by atoms with Gasteiger partial charge in [0.2, 0.25) is 0 Å². The smallest absolute Gasteiger partial charge is 0.0346 e. The van der Waals surface area contributed by atoms with Gasteiger partial charge in [0.1, 0.15) is 0 Å². The van der Waals surface area contributed by atoms with Crippen LogP contribution in [0.1, 0.15) is 32.3 Å². The Kier molecular flexibility index (Phi) is 2.72. The third kappa shape index (κ3) is 2.24. The molecule has 1 aromatic carbocycles. The molecule has 1 N–H and O–H groups in total. The maximum atomic E-state index is 3.72. The minimum absolute atomic E-state index is 0.295. The summed E-state index contributed by atoms with van der Waals surface area (Å²) in [5.74, 6) is 0.882. The third-order valence-electron chi connectivity index (χ3n) is 3.89. The Labute approximate surface area is 107 Å². The van der Waals surface area contributed by atoms with Crippen molar-refractivity contribution in [3.63, 3.8) is 0 Å². The Balaban J connectivity index is 1.76. The van der Waals surface area contributed by atoms with Crippen LogP contribution >= 0.6 is 11.3 Å². The topological polar surface area (TPSA) is 12.0 Å². The highest BCUT2D eigenvalue weighted by Crippen LogP contribution is 2.39. The third-order valence-corrected chi connectivity index (χ3v) is 4.91. The molecule has 0 aliphatic heterocycles. The quantitative estimate of drug-likeness (QED) is 0.852. The van der Waals surface area contributed by atoms with E-state index in [0.29, 0.717) is 5.54 Å². The van der Waals surface area contributed by atoms with Crippen molar-refractivity contribution >= 4 is 21.4 Å². The summed E-state index contributed by atoms with van der Waals surface area (Å²) < 4.78 is 1.40. The van der Waals surface area contributed by atoms with Crippen molar-refractivity contribution in [1.82, 2.24) is 5.32 Å². The van der Waals surface area contributed by atoms with Crippen LogP contribution in [0.5, 0.6) is 0 Å². The Hall–Kier alpha value is -0.860. The van der Waals surface area contributed by atoms with E-state index in [2.05, 4.69) is 48.8 Å². The van der Waals surface area contributed by atoms with Gasteiger partial charge in [0.25, 0.3) is 0 Å². The van der Waals surface area contributed by atoms with Crippen LogP contribution in [-0.2, 0) is 6.54 Å². The van der Waals surface area contributed by atoms with Gasteiger partial charge in [-0.05, 0) is 55.0 Å². The molecule has 0 bridgehead atoms. The Bertz CT molecular complexity index is 522. The molecule has 1 aliphatic carbocycles. The molecule has 17 heavy (non-hydrogen) atoms. The summed E-state index contributed by atoms with van der Waals surface area (Å²) in [7, 11) is 0. The second-order valence-electron chi connectivity index (χ2n) is 5.61. The molecule has 3 rings (SSSR count). The molecule has 1 saturated carbocycles. The fourth-order valence-electron chi connectivity index (χ4n) is 2.44. The van der Waals surface area contributed by atoms with Crippen LogP contribution in [0.2, 0.25) is 0 Å². The SMILES string of the molecule is CC(C)(NCc1csc2ccccc12)C1CC1. The first-order valence-corrected chi connectivity index (χ1v) is 7.25. The second kappa shape index (κ2) is 4.11. The first-order chi connectivity index (χ1) is 8.17. The molecule has 0 saturated heterocycles. The number of hydrogen-bond acceptors (Lipinski definition) is 2. The van der Waals surface area contributed by atoms with Crippen LogP contribution in [0.4, 0.5) is 0 Å². The van der Waals surface area contributed by atoms with Crippen LogP contribution in [0.25, 0.3) is 10.1 Å². The van der Waals surface area contributed by atoms with Gasteiger partial charge in [-0.3, -0.25) is 0 Å². The molecule has 0 atom stereocenters. The number of hydrogen-bond donors (Lipinski definition) is 1. The summed E-state index contributed by atoms with van der Waals surface area (Å²) in [4.78, 5) is 0. The summed E-state index contributed by atoms with van der Waals surface area (Å²) in [6.07, 6.45) is 2.79. The summed E-state index contributed by atoms with van der Waals surface area (Å²) in [5, 5.41) is 7.43. The zero-order chi connectivity index (χ0) is 11.9. The number of rotatable bonds is 4. The van der Waals surface area contributed by atoms with Crippen LogP contribution in [-0.4, -0.2) is 5.54 Å². The van der Waals surface area contributed by atoms with Crippen molar-refractivity contribution in [1.29, 1.82) is 0 Å². The van der Waals surface area contributed by atoms with Gasteiger partial charge in [-0.2, -0.15) is 0 Å². The van der Waals surface area contributed by atoms with E-state index in [1.807, 2.05) is 11.3 Å². The average molecular weight is 245 g/mol. The van der Waals surface area contributed by atoms with Gasteiger partial charge in [-0.1, -0.05) is 18.2 Å². The Morgan fingerprint density at radius 2 is 2.06 bits per heavy atom. The van der Waals surface area contributed by atoms with Gasteiger partial charge >= 0.3 is 0 Å². The van der Waals surface area contributed by atoms with Crippen LogP contribution in [0.3, 0.4) is 0 Å². The van der Waals surface area contributed by atoms with E-state index < -0.39 is 0 Å². The predicted octanol–water partition coefficient (Wildman–Crippen LogP) is 4.18. The van der Waals surface area contributed by atoms with E-state index in [0.717, 1.165) is 12.5 Å². The van der Waals surface area contributed by atoms with Gasteiger partial charge in [0.05, 0.1) is 0 Å². The maximum Gasteiger partial charge on any atom is 0.0346 e. The molecule has 2 aromatic rings. The lowest BCUT2D eigenvalue weighted by Gasteiger charge is -2.26. The molecule has 1 heterocycles. The van der Waals surface area contributed by atoms with E-state index in [1.165, 1.54) is 28.5 Å². The highest BCUT2D eigenvalue weighted by Gasteiger charge is 2.37. The molecular weight excluding hydrogens is 226 g/mol. The number of nitrogens with one attached hydrogen (secondary N) is 1. The number of fused-ring (bicyclic) bond motifs is 1. The second-order valence-corrected chi connectivity index (χ2v) is 6.52. The summed E-state index contributed by atoms with van der Waals surface area (Å²) in [6, 6.07) is 8.68. The fraction of sp³-hybridized carbons (Fsp3) is 0.467. The normalized spacial score (nSPS) is 16.6. The molecule has 1 nitrogen and oxygen atoms in total. The van der Waals surface area contributed by atoms with Gasteiger partial charge in [0.15, 0.2) is 0 Å². The van der Waals surface area contributed by atoms with Gasteiger partial charge in [0, 0.05) is 16.8 Å². The van der Waals surface area contributed by atoms with Crippen molar-refractivity contribution in [2.45, 2.75) is 38.8 Å². The molecular formula is C15H19NS. The predicted molar refractivity (Wildman–Crippen MR) is 75.5 cm³/mol. The van der Waals surface area contributed by atoms with Crippen molar-refractivity contribution in [3.05, 3.63) is 35.2 Å². The van der Waals surface area contributed by atoms with Gasteiger partial charge < -0.3 is 5.32 Å². The van der Waals surface area contributed by atoms with Crippen LogP contribution < -0.4 is 5.32 Å². The Morgan fingerprint density at radius 3 is 2.82 bits per heavy atom. The summed E-state index contributed by atoms with van der Waals surface area (Å²) in [5.41, 5.74) is 1.74. The van der Waals surface area contributed by atoms with E-state index in [1.54, 1.807) is 0 Å². The van der Waals surface area contributed by atoms with E-state index >= 15 is 0 Å². The van der Waals surface area contributed by atoms with Crippen molar-refractivity contribution in [2.75, 3.05) is 0 Å². The molecule has 1 aromatic heterocycles. The molecule has 0 radical (unpaired) electrons. The maximum absolute atomic E-state index is 3.72. The molecule has 0 unspecified atom stereocenters. The zero-order valence-corrected chi connectivity index (χ0v) is 11.3. The van der Waals surface area contributed by atoms with E-state index in [-0.39, 0.29) is 0 Å². The molecule has 1 aliphatic rings. The molecule has 0 spiro atoms. The first kappa shape index (κ1) is 11.2. The average Bonchev–Trinajstić information content (AvgIpc) is 3.09. The standard InChI is InChI=1S/C15H19NS/c1-15(2,12-7-8-12)16-9-11-10-17-14-6-4-3-5-13(11)14/h3-6,10,12,16H,7-9H2,1-2H3. The minimum atomic E-state index is 0.295. The summed E-state index contributed by atoms with van der Waals surface area (Å²) >= 11 is 1.85. The molecule has 1 fully saturated rings. The monoisotopic (exact) mass is 245 g/mol. The largest absolute Gasteiger partial charge is 0.307 e. The molecule has 0 amide bonds. The van der Waals surface area contributed by atoms with Crippen molar-refractivity contribution in [3.8, 4) is 0 Å². The lowest BCUT2D eigenvalue weighted by molar-refractivity contribution is 0.340. The van der Waals surface area contributed by atoms with Gasteiger partial charge in [-0.25, -0.2) is 0 Å². The zero-order valence-electron chi connectivity index (χ0n) is 10.5. The van der Waals surface area contributed by atoms with Gasteiger partial charge in [-0.15, -0.1) is 11.3 Å². The Morgan fingerprint density at radius 1 is 1.29 bits per heavy atom. The fourth-order valence-corrected chi connectivity index (χ4v) is 3.40. The first-order valence-electron chi connectivity index (χ1n) is 6.37. The minimum Gasteiger partial charge on any atom is -0.307 e. The highest BCUT2D eigenvalue weighted by molar-refractivity contribution is 7.17. The lowest BCUT2D eigenvalue weighted by atomic mass is 9.98. The molecule has 2 heteroatoms. The molecule has 90 valence electrons. The van der Waals surface area contributed by atoms with E-state index in [4.69, 9.17) is 0 Å². The summed E-state index contributed by atoms with van der Waals surface area (Å²) in [6.45, 7) is 5.66. The van der Waals surface area contributed by atoms with Crippen molar-refractivity contribution in [2.24, 2.45) is 5.92 Å². The highest BCUT2D eigenvalue weighted by atomic mass is 32.1.